The van der Waals surface area contributed by atoms with Gasteiger partial charge in [0, 0.05) is 46.8 Å². The predicted molar refractivity (Wildman–Crippen MR) is 168 cm³/mol. The van der Waals surface area contributed by atoms with Gasteiger partial charge in [-0.25, -0.2) is 4.98 Å². The molecule has 1 aliphatic heterocycles. The van der Waals surface area contributed by atoms with Gasteiger partial charge in [0.25, 0.3) is 0 Å². The molecule has 0 bridgehead atoms. The summed E-state index contributed by atoms with van der Waals surface area (Å²) in [6.45, 7) is 21.2. The second kappa shape index (κ2) is 12.2. The number of likely N-dealkylation sites (tertiary alicyclic amines) is 1. The number of carbonyl (C=O) groups is 2. The summed E-state index contributed by atoms with van der Waals surface area (Å²) < 4.78 is 7.87. The Kier molecular flexibility index (Phi) is 9.21. The zero-order valence-corrected chi connectivity index (χ0v) is 27.4. The van der Waals surface area contributed by atoms with Crippen LogP contribution < -0.4 is 4.74 Å². The minimum atomic E-state index is -0.923. The number of carbonyl (C=O) groups excluding carboxylic acids is 1. The van der Waals surface area contributed by atoms with Gasteiger partial charge in [-0.2, -0.15) is 5.10 Å². The van der Waals surface area contributed by atoms with Gasteiger partial charge < -0.3 is 14.7 Å². The van der Waals surface area contributed by atoms with Crippen LogP contribution in [0.15, 0.2) is 17.5 Å². The number of carboxylic acids is 1. The van der Waals surface area contributed by atoms with Crippen LogP contribution in [0.1, 0.15) is 100 Å². The largest absolute Gasteiger partial charge is 0.493 e. The summed E-state index contributed by atoms with van der Waals surface area (Å²) in [6.07, 6.45) is 1.59. The summed E-state index contributed by atoms with van der Waals surface area (Å²) in [5.74, 6) is 0.399. The Morgan fingerprint density at radius 2 is 1.64 bits per heavy atom. The van der Waals surface area contributed by atoms with Crippen molar-refractivity contribution in [2.24, 2.45) is 0 Å². The van der Waals surface area contributed by atoms with Crippen LogP contribution in [0.5, 0.6) is 5.75 Å². The van der Waals surface area contributed by atoms with Crippen molar-refractivity contribution in [1.29, 1.82) is 0 Å². The molecule has 8 nitrogen and oxygen atoms in total. The van der Waals surface area contributed by atoms with Crippen molar-refractivity contribution in [2.75, 3.05) is 19.7 Å². The van der Waals surface area contributed by atoms with Crippen LogP contribution in [0.3, 0.4) is 0 Å². The molecule has 1 fully saturated rings. The SMILES string of the molecule is CCOc1c(C(C)(C)C)cc(-c2csc(C3CCN(C(=O)Cn4nc(CC(=O)O)c(C)c4C)CC3)n2)cc1C(C)(C)C. The third kappa shape index (κ3) is 6.88. The molecule has 3 heterocycles. The zero-order chi connectivity index (χ0) is 31.0. The van der Waals surface area contributed by atoms with Gasteiger partial charge in [-0.05, 0) is 62.1 Å². The number of aromatic nitrogens is 3. The minimum Gasteiger partial charge on any atom is -0.493 e. The highest BCUT2D eigenvalue weighted by atomic mass is 32.1. The summed E-state index contributed by atoms with van der Waals surface area (Å²) in [4.78, 5) is 31.3. The summed E-state index contributed by atoms with van der Waals surface area (Å²) in [5, 5.41) is 16.8. The monoisotopic (exact) mass is 594 g/mol. The number of amides is 1. The third-order valence-corrected chi connectivity index (χ3v) is 9.22. The molecule has 0 atom stereocenters. The lowest BCUT2D eigenvalue weighted by atomic mass is 9.78. The quantitative estimate of drug-likeness (QED) is 0.314. The first-order valence-corrected chi connectivity index (χ1v) is 15.8. The Bertz CT molecular complexity index is 1410. The maximum atomic E-state index is 13.1. The Balaban J connectivity index is 1.49. The van der Waals surface area contributed by atoms with E-state index in [1.54, 1.807) is 16.0 Å². The molecule has 1 amide bonds. The molecule has 1 aliphatic rings. The van der Waals surface area contributed by atoms with Gasteiger partial charge in [0.2, 0.25) is 5.91 Å². The molecule has 42 heavy (non-hydrogen) atoms. The molecule has 0 radical (unpaired) electrons. The number of hydrogen-bond acceptors (Lipinski definition) is 6. The first-order valence-electron chi connectivity index (χ1n) is 14.9. The number of ether oxygens (including phenoxy) is 1. The van der Waals surface area contributed by atoms with Crippen LogP contribution in [-0.4, -0.2) is 56.3 Å². The third-order valence-electron chi connectivity index (χ3n) is 8.22. The number of benzene rings is 1. The average Bonchev–Trinajstić information content (AvgIpc) is 3.49. The minimum absolute atomic E-state index is 0.0135. The smallest absolute Gasteiger partial charge is 0.309 e. The van der Waals surface area contributed by atoms with Crippen LogP contribution in [-0.2, 0) is 33.4 Å². The van der Waals surface area contributed by atoms with E-state index in [2.05, 4.69) is 64.2 Å². The van der Waals surface area contributed by atoms with Crippen LogP contribution in [0.4, 0.5) is 0 Å². The summed E-state index contributed by atoms with van der Waals surface area (Å²) >= 11 is 1.71. The molecule has 1 N–H and O–H groups in total. The highest BCUT2D eigenvalue weighted by molar-refractivity contribution is 7.10. The van der Waals surface area contributed by atoms with Crippen molar-refractivity contribution in [3.63, 3.8) is 0 Å². The Morgan fingerprint density at radius 3 is 2.17 bits per heavy atom. The lowest BCUT2D eigenvalue weighted by Gasteiger charge is -2.31. The summed E-state index contributed by atoms with van der Waals surface area (Å²) in [7, 11) is 0. The maximum absolute atomic E-state index is 13.1. The number of piperidine rings is 1. The number of aliphatic carboxylic acids is 1. The van der Waals surface area contributed by atoms with E-state index in [0.29, 0.717) is 31.3 Å². The van der Waals surface area contributed by atoms with E-state index in [-0.39, 0.29) is 29.7 Å². The number of hydrogen-bond donors (Lipinski definition) is 1. The van der Waals surface area contributed by atoms with Gasteiger partial charge in [0.1, 0.15) is 12.3 Å². The molecule has 228 valence electrons. The molecule has 0 aliphatic carbocycles. The van der Waals surface area contributed by atoms with Crippen LogP contribution >= 0.6 is 11.3 Å². The molecule has 9 heteroatoms. The molecular formula is C33H46N4O4S. The van der Waals surface area contributed by atoms with Crippen LogP contribution in [0.2, 0.25) is 0 Å². The number of thiazole rings is 1. The fourth-order valence-electron chi connectivity index (χ4n) is 5.57. The maximum Gasteiger partial charge on any atom is 0.309 e. The Labute approximate surface area is 254 Å². The summed E-state index contributed by atoms with van der Waals surface area (Å²) in [5.41, 5.74) is 6.54. The molecule has 0 unspecified atom stereocenters. The van der Waals surface area contributed by atoms with E-state index in [9.17, 15) is 9.59 Å². The molecule has 2 aromatic heterocycles. The average molecular weight is 595 g/mol. The molecular weight excluding hydrogens is 548 g/mol. The van der Waals surface area contributed by atoms with Crippen molar-refractivity contribution in [2.45, 2.75) is 105 Å². The fraction of sp³-hybridized carbons (Fsp3) is 0.576. The highest BCUT2D eigenvalue weighted by Crippen LogP contribution is 2.43. The van der Waals surface area contributed by atoms with Crippen molar-refractivity contribution < 1.29 is 19.4 Å². The molecule has 0 spiro atoms. The van der Waals surface area contributed by atoms with Crippen LogP contribution in [0.25, 0.3) is 11.3 Å². The van der Waals surface area contributed by atoms with Crippen molar-refractivity contribution in [1.82, 2.24) is 19.7 Å². The van der Waals surface area contributed by atoms with Crippen molar-refractivity contribution in [3.05, 3.63) is 50.6 Å². The van der Waals surface area contributed by atoms with Crippen molar-refractivity contribution in [3.8, 4) is 17.0 Å². The standard InChI is InChI=1S/C33H46N4O4S/c1-10-41-30-24(32(4,5)6)15-23(16-25(30)33(7,8)9)27-19-42-31(34-27)22-11-13-36(14-12-22)28(38)18-37-21(3)20(2)26(35-37)17-29(39)40/h15-16,19,22H,10-14,17-18H2,1-9H3,(H,39,40). The first-order chi connectivity index (χ1) is 19.6. The van der Waals surface area contributed by atoms with Gasteiger partial charge >= 0.3 is 5.97 Å². The van der Waals surface area contributed by atoms with E-state index in [1.807, 2.05) is 25.7 Å². The highest BCUT2D eigenvalue weighted by Gasteiger charge is 2.30. The molecule has 3 aromatic rings. The van der Waals surface area contributed by atoms with Crippen molar-refractivity contribution >= 4 is 23.2 Å². The normalized spacial score (nSPS) is 14.8. The fourth-order valence-corrected chi connectivity index (χ4v) is 6.57. The first kappa shape index (κ1) is 31.7. The molecule has 0 saturated carbocycles. The van der Waals surface area contributed by atoms with E-state index in [0.717, 1.165) is 46.1 Å². The van der Waals surface area contributed by atoms with E-state index in [4.69, 9.17) is 14.8 Å². The van der Waals surface area contributed by atoms with E-state index < -0.39 is 5.97 Å². The lowest BCUT2D eigenvalue weighted by Crippen LogP contribution is -2.40. The van der Waals surface area contributed by atoms with Gasteiger partial charge in [-0.15, -0.1) is 11.3 Å². The molecule has 4 rings (SSSR count). The number of nitrogens with zero attached hydrogens (tertiary/aromatic N) is 4. The Morgan fingerprint density at radius 1 is 1.05 bits per heavy atom. The van der Waals surface area contributed by atoms with E-state index >= 15 is 0 Å². The van der Waals surface area contributed by atoms with Gasteiger partial charge in [-0.3, -0.25) is 14.3 Å². The Hall–Kier alpha value is -3.20. The second-order valence-electron chi connectivity index (χ2n) is 13.4. The van der Waals surface area contributed by atoms with Gasteiger partial charge in [0.15, 0.2) is 0 Å². The molecule has 1 aromatic carbocycles. The summed E-state index contributed by atoms with van der Waals surface area (Å²) in [6, 6.07) is 4.50. The number of rotatable bonds is 8. The van der Waals surface area contributed by atoms with Gasteiger partial charge in [0.05, 0.1) is 29.4 Å². The van der Waals surface area contributed by atoms with E-state index in [1.165, 1.54) is 11.1 Å². The van der Waals surface area contributed by atoms with Gasteiger partial charge in [-0.1, -0.05) is 41.5 Å². The van der Waals surface area contributed by atoms with Crippen LogP contribution in [0, 0.1) is 13.8 Å². The zero-order valence-electron chi connectivity index (χ0n) is 26.6. The molecule has 1 saturated heterocycles. The second-order valence-corrected chi connectivity index (χ2v) is 14.3. The number of carboxylic acid groups (broad SMARTS) is 1. The lowest BCUT2D eigenvalue weighted by molar-refractivity contribution is -0.136. The topological polar surface area (TPSA) is 97.6 Å². The predicted octanol–water partition coefficient (Wildman–Crippen LogP) is 6.65.